The lowest BCUT2D eigenvalue weighted by atomic mass is 10.2. The van der Waals surface area contributed by atoms with Crippen LogP contribution in [0, 0.1) is 5.82 Å². The van der Waals surface area contributed by atoms with Crippen molar-refractivity contribution in [1.82, 2.24) is 4.98 Å². The molecule has 2 aromatic rings. The second-order valence-electron chi connectivity index (χ2n) is 3.47. The maximum Gasteiger partial charge on any atom is 0.141 e. The third-order valence-electron chi connectivity index (χ3n) is 2.21. The summed E-state index contributed by atoms with van der Waals surface area (Å²) in [5, 5.41) is 3.31. The second kappa shape index (κ2) is 5.47. The predicted molar refractivity (Wildman–Crippen MR) is 70.7 cm³/mol. The van der Waals surface area contributed by atoms with Crippen LogP contribution in [0.25, 0.3) is 0 Å². The van der Waals surface area contributed by atoms with E-state index in [1.807, 2.05) is 12.1 Å². The first-order valence-corrected chi connectivity index (χ1v) is 6.11. The summed E-state index contributed by atoms with van der Waals surface area (Å²) in [6.07, 6.45) is 1.72. The SMILES string of the molecule is Fc1ccc(CNc2ccc(Br)nc2)cc1Cl. The molecule has 0 spiro atoms. The van der Waals surface area contributed by atoms with Crippen LogP contribution in [0.4, 0.5) is 10.1 Å². The van der Waals surface area contributed by atoms with Gasteiger partial charge in [0.1, 0.15) is 10.4 Å². The topological polar surface area (TPSA) is 24.9 Å². The van der Waals surface area contributed by atoms with Crippen LogP contribution in [0.2, 0.25) is 5.02 Å². The van der Waals surface area contributed by atoms with Crippen molar-refractivity contribution in [2.24, 2.45) is 0 Å². The minimum Gasteiger partial charge on any atom is -0.380 e. The standard InChI is InChI=1S/C12H9BrClFN2/c13-12-4-2-9(7-17-12)16-6-8-1-3-11(15)10(14)5-8/h1-5,7,16H,6H2. The number of rotatable bonds is 3. The fourth-order valence-electron chi connectivity index (χ4n) is 1.33. The molecule has 0 amide bonds. The zero-order valence-corrected chi connectivity index (χ0v) is 11.1. The van der Waals surface area contributed by atoms with Crippen molar-refractivity contribution in [1.29, 1.82) is 0 Å². The van der Waals surface area contributed by atoms with Gasteiger partial charge in [-0.05, 0) is 45.8 Å². The molecule has 2 rings (SSSR count). The monoisotopic (exact) mass is 314 g/mol. The van der Waals surface area contributed by atoms with Gasteiger partial charge >= 0.3 is 0 Å². The zero-order chi connectivity index (χ0) is 12.3. The highest BCUT2D eigenvalue weighted by Gasteiger charge is 2.01. The van der Waals surface area contributed by atoms with Gasteiger partial charge in [-0.1, -0.05) is 17.7 Å². The van der Waals surface area contributed by atoms with Gasteiger partial charge in [-0.15, -0.1) is 0 Å². The first-order chi connectivity index (χ1) is 8.15. The minimum atomic E-state index is -0.402. The van der Waals surface area contributed by atoms with Gasteiger partial charge in [-0.2, -0.15) is 0 Å². The quantitative estimate of drug-likeness (QED) is 0.857. The molecule has 0 bridgehead atoms. The van der Waals surface area contributed by atoms with Crippen LogP contribution < -0.4 is 5.32 Å². The fourth-order valence-corrected chi connectivity index (χ4v) is 1.77. The molecule has 0 saturated heterocycles. The summed E-state index contributed by atoms with van der Waals surface area (Å²) in [5.74, 6) is -0.402. The van der Waals surface area contributed by atoms with E-state index in [0.29, 0.717) is 6.54 Å². The molecule has 0 atom stereocenters. The Kier molecular flexibility index (Phi) is 3.97. The zero-order valence-electron chi connectivity index (χ0n) is 8.75. The molecule has 17 heavy (non-hydrogen) atoms. The highest BCUT2D eigenvalue weighted by molar-refractivity contribution is 9.10. The minimum absolute atomic E-state index is 0.137. The van der Waals surface area contributed by atoms with Crippen molar-refractivity contribution in [2.75, 3.05) is 5.32 Å². The summed E-state index contributed by atoms with van der Waals surface area (Å²) in [4.78, 5) is 4.09. The summed E-state index contributed by atoms with van der Waals surface area (Å²) in [6, 6.07) is 8.41. The molecule has 0 aliphatic rings. The molecule has 0 saturated carbocycles. The van der Waals surface area contributed by atoms with Gasteiger partial charge in [0.25, 0.3) is 0 Å². The van der Waals surface area contributed by atoms with Crippen LogP contribution in [0.1, 0.15) is 5.56 Å². The molecule has 0 fully saturated rings. The fraction of sp³-hybridized carbons (Fsp3) is 0.0833. The Morgan fingerprint density at radius 2 is 2.12 bits per heavy atom. The Bertz CT molecular complexity index is 516. The van der Waals surface area contributed by atoms with E-state index in [0.717, 1.165) is 15.9 Å². The average Bonchev–Trinajstić information content (AvgIpc) is 2.33. The van der Waals surface area contributed by atoms with Crippen LogP contribution in [-0.2, 0) is 6.54 Å². The highest BCUT2D eigenvalue weighted by Crippen LogP contribution is 2.17. The molecule has 5 heteroatoms. The number of hydrogen-bond donors (Lipinski definition) is 1. The smallest absolute Gasteiger partial charge is 0.141 e. The van der Waals surface area contributed by atoms with Crippen LogP contribution in [0.5, 0.6) is 0 Å². The lowest BCUT2D eigenvalue weighted by molar-refractivity contribution is 0.627. The third-order valence-corrected chi connectivity index (χ3v) is 2.97. The lowest BCUT2D eigenvalue weighted by Gasteiger charge is -2.06. The van der Waals surface area contributed by atoms with Gasteiger partial charge in [-0.3, -0.25) is 0 Å². The van der Waals surface area contributed by atoms with Gasteiger partial charge in [0.05, 0.1) is 16.9 Å². The van der Waals surface area contributed by atoms with Crippen molar-refractivity contribution in [3.05, 3.63) is 57.5 Å². The molecule has 0 radical (unpaired) electrons. The van der Waals surface area contributed by atoms with E-state index in [4.69, 9.17) is 11.6 Å². The van der Waals surface area contributed by atoms with E-state index in [1.165, 1.54) is 6.07 Å². The number of aromatic nitrogens is 1. The molecule has 88 valence electrons. The maximum atomic E-state index is 12.9. The number of anilines is 1. The molecule has 0 unspecified atom stereocenters. The van der Waals surface area contributed by atoms with Crippen molar-refractivity contribution >= 4 is 33.2 Å². The molecule has 2 nitrogen and oxygen atoms in total. The summed E-state index contributed by atoms with van der Waals surface area (Å²) in [5.41, 5.74) is 1.81. The Morgan fingerprint density at radius 3 is 2.76 bits per heavy atom. The number of hydrogen-bond acceptors (Lipinski definition) is 2. The van der Waals surface area contributed by atoms with Crippen LogP contribution >= 0.6 is 27.5 Å². The van der Waals surface area contributed by atoms with Gasteiger partial charge in [0.15, 0.2) is 0 Å². The van der Waals surface area contributed by atoms with Crippen LogP contribution in [-0.4, -0.2) is 4.98 Å². The summed E-state index contributed by atoms with van der Waals surface area (Å²) in [7, 11) is 0. The first kappa shape index (κ1) is 12.3. The number of nitrogens with one attached hydrogen (secondary N) is 1. The molecule has 0 aliphatic carbocycles. The van der Waals surface area contributed by atoms with Gasteiger partial charge in [0.2, 0.25) is 0 Å². The average molecular weight is 316 g/mol. The highest BCUT2D eigenvalue weighted by atomic mass is 79.9. The number of benzene rings is 1. The molecule has 1 aromatic heterocycles. The molecule has 1 heterocycles. The first-order valence-electron chi connectivity index (χ1n) is 4.94. The van der Waals surface area contributed by atoms with E-state index < -0.39 is 5.82 Å². The van der Waals surface area contributed by atoms with E-state index >= 15 is 0 Å². The van der Waals surface area contributed by atoms with E-state index in [2.05, 4.69) is 26.2 Å². The van der Waals surface area contributed by atoms with E-state index in [1.54, 1.807) is 18.3 Å². The second-order valence-corrected chi connectivity index (χ2v) is 4.69. The number of nitrogens with zero attached hydrogens (tertiary/aromatic N) is 1. The van der Waals surface area contributed by atoms with Crippen LogP contribution in [0.15, 0.2) is 41.1 Å². The molecular weight excluding hydrogens is 307 g/mol. The Hall–Kier alpha value is -1.13. The largest absolute Gasteiger partial charge is 0.380 e. The number of pyridine rings is 1. The van der Waals surface area contributed by atoms with Crippen molar-refractivity contribution in [3.8, 4) is 0 Å². The Morgan fingerprint density at radius 1 is 1.29 bits per heavy atom. The lowest BCUT2D eigenvalue weighted by Crippen LogP contribution is -1.99. The Balaban J connectivity index is 2.02. The van der Waals surface area contributed by atoms with Gasteiger partial charge in [0, 0.05) is 6.54 Å². The van der Waals surface area contributed by atoms with E-state index in [9.17, 15) is 4.39 Å². The van der Waals surface area contributed by atoms with Crippen molar-refractivity contribution in [2.45, 2.75) is 6.54 Å². The van der Waals surface area contributed by atoms with E-state index in [-0.39, 0.29) is 5.02 Å². The molecule has 1 aromatic carbocycles. The molecular formula is C12H9BrClFN2. The predicted octanol–water partition coefficient (Wildman–Crippen LogP) is 4.25. The summed E-state index contributed by atoms with van der Waals surface area (Å²) >= 11 is 8.96. The molecule has 0 aliphatic heterocycles. The maximum absolute atomic E-state index is 12.9. The summed E-state index contributed by atoms with van der Waals surface area (Å²) in [6.45, 7) is 0.573. The normalized spacial score (nSPS) is 10.3. The van der Waals surface area contributed by atoms with Gasteiger partial charge < -0.3 is 5.32 Å². The Labute approximate surface area is 112 Å². The van der Waals surface area contributed by atoms with Crippen molar-refractivity contribution in [3.63, 3.8) is 0 Å². The molecule has 1 N–H and O–H groups in total. The van der Waals surface area contributed by atoms with Crippen LogP contribution in [0.3, 0.4) is 0 Å². The van der Waals surface area contributed by atoms with Gasteiger partial charge in [-0.25, -0.2) is 9.37 Å². The summed E-state index contributed by atoms with van der Waals surface area (Å²) < 4.78 is 13.7. The van der Waals surface area contributed by atoms with Crippen molar-refractivity contribution < 1.29 is 4.39 Å². The third kappa shape index (κ3) is 3.41. The number of halogens is 3.